The van der Waals surface area contributed by atoms with Gasteiger partial charge < -0.3 is 10.5 Å². The fraction of sp³-hybridized carbons (Fsp3) is 0.417. The van der Waals surface area contributed by atoms with Crippen LogP contribution in [0.3, 0.4) is 0 Å². The van der Waals surface area contributed by atoms with Gasteiger partial charge in [-0.1, -0.05) is 0 Å². The normalized spacial score (nSPS) is 20.1. The fourth-order valence-electron chi connectivity index (χ4n) is 2.14. The number of benzene rings is 1. The number of nitrogens with zero attached hydrogens (tertiary/aromatic N) is 1. The van der Waals surface area contributed by atoms with Crippen molar-refractivity contribution >= 4 is 37.1 Å². The lowest BCUT2D eigenvalue weighted by Gasteiger charge is -2.07. The van der Waals surface area contributed by atoms with Gasteiger partial charge in [0.1, 0.15) is 0 Å². The third-order valence-corrected chi connectivity index (χ3v) is 6.35. The third-order valence-electron chi connectivity index (χ3n) is 3.09. The number of thiazole rings is 1. The van der Waals surface area contributed by atoms with Gasteiger partial charge in [0.15, 0.2) is 0 Å². The highest BCUT2D eigenvalue weighted by Crippen LogP contribution is 2.29. The Bertz CT molecular complexity index is 703. The van der Waals surface area contributed by atoms with Crippen LogP contribution >= 0.6 is 11.3 Å². The van der Waals surface area contributed by atoms with E-state index in [1.54, 1.807) is 18.2 Å². The van der Waals surface area contributed by atoms with Crippen LogP contribution in [0.25, 0.3) is 10.2 Å². The minimum Gasteiger partial charge on any atom is -0.399 e. The molecule has 2 N–H and O–H groups in total. The molecule has 102 valence electrons. The Morgan fingerprint density at radius 3 is 3.05 bits per heavy atom. The molecule has 2 heterocycles. The maximum Gasteiger partial charge on any atom is 0.210 e. The van der Waals surface area contributed by atoms with Crippen LogP contribution in [0.2, 0.25) is 0 Å². The molecule has 1 aromatic heterocycles. The number of anilines is 1. The van der Waals surface area contributed by atoms with Crippen molar-refractivity contribution in [3.05, 3.63) is 18.2 Å². The first kappa shape index (κ1) is 12.8. The molecule has 0 amide bonds. The van der Waals surface area contributed by atoms with E-state index in [9.17, 15) is 8.42 Å². The molecule has 0 radical (unpaired) electrons. The van der Waals surface area contributed by atoms with Gasteiger partial charge in [-0.3, -0.25) is 0 Å². The van der Waals surface area contributed by atoms with Crippen molar-refractivity contribution < 1.29 is 13.2 Å². The lowest BCUT2D eigenvalue weighted by molar-refractivity contribution is 0.127. The van der Waals surface area contributed by atoms with Gasteiger partial charge in [0.2, 0.25) is 14.2 Å². The number of fused-ring (bicyclic) bond motifs is 1. The van der Waals surface area contributed by atoms with Gasteiger partial charge >= 0.3 is 0 Å². The van der Waals surface area contributed by atoms with Gasteiger partial charge in [0, 0.05) is 12.3 Å². The second kappa shape index (κ2) is 4.73. The van der Waals surface area contributed by atoms with E-state index in [1.165, 1.54) is 11.3 Å². The van der Waals surface area contributed by atoms with E-state index >= 15 is 0 Å². The topological polar surface area (TPSA) is 82.3 Å². The summed E-state index contributed by atoms with van der Waals surface area (Å²) in [6, 6.07) is 5.21. The predicted molar refractivity (Wildman–Crippen MR) is 75.1 cm³/mol. The molecule has 5 nitrogen and oxygen atoms in total. The lowest BCUT2D eigenvalue weighted by atomic mass is 10.3. The van der Waals surface area contributed by atoms with E-state index in [2.05, 4.69) is 4.98 Å². The Kier molecular flexibility index (Phi) is 3.20. The summed E-state index contributed by atoms with van der Waals surface area (Å²) in [6.45, 7) is 0.649. The highest BCUT2D eigenvalue weighted by atomic mass is 32.2. The first-order valence-corrected chi connectivity index (χ1v) is 8.52. The number of hydrogen-bond donors (Lipinski definition) is 1. The summed E-state index contributed by atoms with van der Waals surface area (Å²) >= 11 is 1.17. The largest absolute Gasteiger partial charge is 0.399 e. The predicted octanol–water partition coefficient (Wildman–Crippen LogP) is 1.83. The minimum atomic E-state index is -3.38. The standard InChI is InChI=1S/C12H14N2O3S2/c13-8-3-4-10-11(6-8)18-12(14-10)19(15,16)7-9-2-1-5-17-9/h3-4,6,9H,1-2,5,7,13H2. The van der Waals surface area contributed by atoms with Crippen LogP contribution in [0.1, 0.15) is 12.8 Å². The van der Waals surface area contributed by atoms with Gasteiger partial charge in [-0.2, -0.15) is 0 Å². The fourth-order valence-corrected chi connectivity index (χ4v) is 5.00. The summed E-state index contributed by atoms with van der Waals surface area (Å²) in [7, 11) is -3.38. The number of rotatable bonds is 3. The quantitative estimate of drug-likeness (QED) is 0.874. The van der Waals surface area contributed by atoms with E-state index in [1.807, 2.05) is 0 Å². The number of sulfone groups is 1. The molecule has 1 aliphatic rings. The van der Waals surface area contributed by atoms with E-state index in [-0.39, 0.29) is 16.2 Å². The highest BCUT2D eigenvalue weighted by Gasteiger charge is 2.27. The molecule has 0 bridgehead atoms. The zero-order chi connectivity index (χ0) is 13.5. The molecular weight excluding hydrogens is 284 g/mol. The van der Waals surface area contributed by atoms with Crippen molar-refractivity contribution in [1.29, 1.82) is 0 Å². The highest BCUT2D eigenvalue weighted by molar-refractivity contribution is 7.93. The molecule has 2 aromatic rings. The molecule has 0 spiro atoms. The number of nitrogens with two attached hydrogens (primary N) is 1. The first-order chi connectivity index (χ1) is 9.04. The lowest BCUT2D eigenvalue weighted by Crippen LogP contribution is -2.20. The van der Waals surface area contributed by atoms with Crippen molar-refractivity contribution in [1.82, 2.24) is 4.98 Å². The zero-order valence-electron chi connectivity index (χ0n) is 10.2. The summed E-state index contributed by atoms with van der Waals surface area (Å²) in [5.41, 5.74) is 6.97. The summed E-state index contributed by atoms with van der Waals surface area (Å²) in [5, 5.41) is 0. The molecule has 1 saturated heterocycles. The summed E-state index contributed by atoms with van der Waals surface area (Å²) in [5.74, 6) is 0.0162. The molecule has 1 atom stereocenters. The summed E-state index contributed by atoms with van der Waals surface area (Å²) < 4.78 is 30.9. The minimum absolute atomic E-state index is 0.0162. The molecular formula is C12H14N2O3S2. The van der Waals surface area contributed by atoms with Crippen molar-refractivity contribution in [2.45, 2.75) is 23.3 Å². The van der Waals surface area contributed by atoms with Gasteiger partial charge in [0.25, 0.3) is 0 Å². The Balaban J connectivity index is 1.93. The first-order valence-electron chi connectivity index (χ1n) is 6.05. The van der Waals surface area contributed by atoms with E-state index in [4.69, 9.17) is 10.5 Å². The summed E-state index contributed by atoms with van der Waals surface area (Å²) in [6.07, 6.45) is 1.54. The molecule has 7 heteroatoms. The van der Waals surface area contributed by atoms with Gasteiger partial charge in [0.05, 0.1) is 22.1 Å². The van der Waals surface area contributed by atoms with E-state index in [0.717, 1.165) is 17.5 Å². The van der Waals surface area contributed by atoms with Gasteiger partial charge in [-0.15, -0.1) is 11.3 Å². The van der Waals surface area contributed by atoms with Crippen LogP contribution in [-0.2, 0) is 14.6 Å². The molecule has 1 fully saturated rings. The van der Waals surface area contributed by atoms with Crippen LogP contribution in [0.15, 0.2) is 22.5 Å². The molecule has 0 saturated carbocycles. The molecule has 1 unspecified atom stereocenters. The van der Waals surface area contributed by atoms with E-state index < -0.39 is 9.84 Å². The zero-order valence-corrected chi connectivity index (χ0v) is 11.8. The maximum absolute atomic E-state index is 12.3. The molecule has 1 aliphatic heterocycles. The number of nitrogen functional groups attached to an aromatic ring is 1. The van der Waals surface area contributed by atoms with Gasteiger partial charge in [-0.25, -0.2) is 13.4 Å². The van der Waals surface area contributed by atoms with Crippen molar-refractivity contribution in [2.24, 2.45) is 0 Å². The third kappa shape index (κ3) is 2.58. The second-order valence-corrected chi connectivity index (χ2v) is 7.86. The maximum atomic E-state index is 12.3. The average Bonchev–Trinajstić information content (AvgIpc) is 2.96. The van der Waals surface area contributed by atoms with Crippen LogP contribution in [0.4, 0.5) is 5.69 Å². The van der Waals surface area contributed by atoms with Crippen LogP contribution in [0, 0.1) is 0 Å². The number of ether oxygens (including phenoxy) is 1. The molecule has 1 aromatic carbocycles. The monoisotopic (exact) mass is 298 g/mol. The molecule has 19 heavy (non-hydrogen) atoms. The van der Waals surface area contributed by atoms with Gasteiger partial charge in [-0.05, 0) is 31.0 Å². The number of aromatic nitrogens is 1. The number of hydrogen-bond acceptors (Lipinski definition) is 6. The van der Waals surface area contributed by atoms with Crippen molar-refractivity contribution in [2.75, 3.05) is 18.1 Å². The smallest absolute Gasteiger partial charge is 0.210 e. The Labute approximate surface area is 115 Å². The van der Waals surface area contributed by atoms with Crippen LogP contribution in [-0.4, -0.2) is 31.9 Å². The Morgan fingerprint density at radius 1 is 1.47 bits per heavy atom. The second-order valence-electron chi connectivity index (χ2n) is 4.62. The summed E-state index contributed by atoms with van der Waals surface area (Å²) in [4.78, 5) is 4.19. The Morgan fingerprint density at radius 2 is 2.32 bits per heavy atom. The Hall–Kier alpha value is -1.18. The molecule has 0 aliphatic carbocycles. The van der Waals surface area contributed by atoms with Crippen LogP contribution in [0.5, 0.6) is 0 Å². The van der Waals surface area contributed by atoms with Crippen LogP contribution < -0.4 is 5.73 Å². The average molecular weight is 298 g/mol. The van der Waals surface area contributed by atoms with Crippen molar-refractivity contribution in [3.8, 4) is 0 Å². The SMILES string of the molecule is Nc1ccc2nc(S(=O)(=O)CC3CCCO3)sc2c1. The van der Waals surface area contributed by atoms with E-state index in [0.29, 0.717) is 17.8 Å². The van der Waals surface area contributed by atoms with Crippen molar-refractivity contribution in [3.63, 3.8) is 0 Å². The molecule has 3 rings (SSSR count).